The van der Waals surface area contributed by atoms with Crippen LogP contribution in [0.4, 0.5) is 0 Å². The molecule has 0 spiro atoms. The molecule has 0 heterocycles. The fraction of sp³-hybridized carbons (Fsp3) is 0.846. The fourth-order valence-electron chi connectivity index (χ4n) is 1.49. The summed E-state index contributed by atoms with van der Waals surface area (Å²) < 4.78 is 0. The first-order valence-electron chi connectivity index (χ1n) is 6.66. The predicted molar refractivity (Wildman–Crippen MR) is 71.4 cm³/mol. The number of carboxylic acid groups (broad SMARTS) is 1. The summed E-state index contributed by atoms with van der Waals surface area (Å²) in [5.74, 6) is -1.07. The third kappa shape index (κ3) is 10.1. The lowest BCUT2D eigenvalue weighted by Gasteiger charge is -2.09. The molecule has 0 aromatic heterocycles. The van der Waals surface area contributed by atoms with E-state index in [9.17, 15) is 9.59 Å². The lowest BCUT2D eigenvalue weighted by molar-refractivity contribution is -0.141. The second kappa shape index (κ2) is 9.88. The van der Waals surface area contributed by atoms with Crippen molar-refractivity contribution in [1.29, 1.82) is 0 Å². The van der Waals surface area contributed by atoms with Crippen LogP contribution in [0.2, 0.25) is 0 Å². The van der Waals surface area contributed by atoms with Crippen molar-refractivity contribution in [3.63, 3.8) is 0 Å². The number of nitrogens with one attached hydrogen (secondary N) is 2. The Morgan fingerprint density at radius 1 is 1.11 bits per heavy atom. The Kier molecular flexibility index (Phi) is 9.28. The summed E-state index contributed by atoms with van der Waals surface area (Å²) in [6.45, 7) is 7.24. The minimum atomic E-state index is -0.777. The number of aliphatic carboxylic acids is 1. The Labute approximate surface area is 109 Å². The van der Waals surface area contributed by atoms with E-state index < -0.39 is 5.97 Å². The summed E-state index contributed by atoms with van der Waals surface area (Å²) in [6.07, 6.45) is 2.66. The van der Waals surface area contributed by atoms with Gasteiger partial charge in [0.2, 0.25) is 5.91 Å². The van der Waals surface area contributed by atoms with Crippen LogP contribution < -0.4 is 10.6 Å². The molecule has 0 saturated carbocycles. The zero-order chi connectivity index (χ0) is 14.0. The number of carbonyl (C=O) groups excluding carboxylic acids is 1. The molecule has 18 heavy (non-hydrogen) atoms. The molecule has 0 radical (unpaired) electrons. The number of amides is 1. The van der Waals surface area contributed by atoms with Gasteiger partial charge in [0.25, 0.3) is 0 Å². The normalized spacial score (nSPS) is 12.4. The van der Waals surface area contributed by atoms with Crippen molar-refractivity contribution >= 4 is 11.9 Å². The molecule has 3 N–H and O–H groups in total. The topological polar surface area (TPSA) is 78.4 Å². The molecular formula is C13H26N2O3. The number of carboxylic acids is 1. The fourth-order valence-corrected chi connectivity index (χ4v) is 1.49. The highest BCUT2D eigenvalue weighted by atomic mass is 16.4. The zero-order valence-corrected chi connectivity index (χ0v) is 11.7. The van der Waals surface area contributed by atoms with Gasteiger partial charge in [-0.25, -0.2) is 0 Å². The van der Waals surface area contributed by atoms with Gasteiger partial charge in [-0.1, -0.05) is 20.8 Å². The molecule has 0 aliphatic heterocycles. The Morgan fingerprint density at radius 3 is 2.33 bits per heavy atom. The monoisotopic (exact) mass is 258 g/mol. The highest BCUT2D eigenvalue weighted by Crippen LogP contribution is 2.04. The van der Waals surface area contributed by atoms with Gasteiger partial charge in [0.05, 0.1) is 5.92 Å². The molecule has 0 aliphatic carbocycles. The quantitative estimate of drug-likeness (QED) is 0.517. The minimum absolute atomic E-state index is 0.0449. The Balaban J connectivity index is 3.40. The van der Waals surface area contributed by atoms with E-state index in [2.05, 4.69) is 24.5 Å². The average Bonchev–Trinajstić information content (AvgIpc) is 2.29. The van der Waals surface area contributed by atoms with E-state index in [-0.39, 0.29) is 11.8 Å². The molecular weight excluding hydrogens is 232 g/mol. The molecule has 0 aromatic rings. The summed E-state index contributed by atoms with van der Waals surface area (Å²) in [7, 11) is 0. The zero-order valence-electron chi connectivity index (χ0n) is 11.7. The van der Waals surface area contributed by atoms with Crippen LogP contribution in [-0.2, 0) is 9.59 Å². The summed E-state index contributed by atoms with van der Waals surface area (Å²) in [6, 6.07) is 0.450. The third-order valence-electron chi connectivity index (χ3n) is 2.69. The van der Waals surface area contributed by atoms with Crippen molar-refractivity contribution in [2.45, 2.75) is 52.5 Å². The van der Waals surface area contributed by atoms with Crippen LogP contribution in [0.5, 0.6) is 0 Å². The number of hydrogen-bond acceptors (Lipinski definition) is 3. The lowest BCUT2D eigenvalue weighted by atomic mass is 10.1. The highest BCUT2D eigenvalue weighted by Gasteiger charge is 2.09. The first-order chi connectivity index (χ1) is 8.43. The molecule has 1 atom stereocenters. The molecule has 1 amide bonds. The number of carbonyl (C=O) groups is 2. The molecule has 0 aromatic carbocycles. The molecule has 1 unspecified atom stereocenters. The second-order valence-electron chi connectivity index (χ2n) is 4.94. The summed E-state index contributed by atoms with van der Waals surface area (Å²) in [5, 5.41) is 14.7. The van der Waals surface area contributed by atoms with Gasteiger partial charge in [-0.2, -0.15) is 0 Å². The van der Waals surface area contributed by atoms with Crippen LogP contribution >= 0.6 is 0 Å². The SMILES string of the molecule is CC(C)NCCCC(=O)NCCCC(C)C(=O)O. The molecule has 0 saturated heterocycles. The Hall–Kier alpha value is -1.10. The van der Waals surface area contributed by atoms with Gasteiger partial charge in [0, 0.05) is 19.0 Å². The predicted octanol–water partition coefficient (Wildman–Crippen LogP) is 1.38. The van der Waals surface area contributed by atoms with Gasteiger partial charge in [-0.05, 0) is 25.8 Å². The molecule has 0 fully saturated rings. The van der Waals surface area contributed by atoms with Crippen molar-refractivity contribution in [3.8, 4) is 0 Å². The van der Waals surface area contributed by atoms with Gasteiger partial charge >= 0.3 is 5.97 Å². The standard InChI is InChI=1S/C13H26N2O3/c1-10(2)14-8-5-7-12(16)15-9-4-6-11(3)13(17)18/h10-11,14H,4-9H2,1-3H3,(H,15,16)(H,17,18). The van der Waals surface area contributed by atoms with Crippen molar-refractivity contribution in [2.24, 2.45) is 5.92 Å². The molecule has 0 aliphatic rings. The maximum Gasteiger partial charge on any atom is 0.306 e. The van der Waals surface area contributed by atoms with Crippen molar-refractivity contribution in [2.75, 3.05) is 13.1 Å². The number of hydrogen-bond donors (Lipinski definition) is 3. The highest BCUT2D eigenvalue weighted by molar-refractivity contribution is 5.75. The lowest BCUT2D eigenvalue weighted by Crippen LogP contribution is -2.28. The number of rotatable bonds is 10. The first kappa shape index (κ1) is 16.9. The van der Waals surface area contributed by atoms with E-state index in [0.717, 1.165) is 13.0 Å². The largest absolute Gasteiger partial charge is 0.481 e. The smallest absolute Gasteiger partial charge is 0.306 e. The average molecular weight is 258 g/mol. The first-order valence-corrected chi connectivity index (χ1v) is 6.66. The molecule has 0 bridgehead atoms. The van der Waals surface area contributed by atoms with E-state index in [1.54, 1.807) is 6.92 Å². The Morgan fingerprint density at radius 2 is 1.78 bits per heavy atom. The van der Waals surface area contributed by atoms with E-state index in [0.29, 0.717) is 31.8 Å². The summed E-state index contributed by atoms with van der Waals surface area (Å²) in [4.78, 5) is 22.0. The van der Waals surface area contributed by atoms with Gasteiger partial charge in [-0.15, -0.1) is 0 Å². The molecule has 5 nitrogen and oxygen atoms in total. The Bertz CT molecular complexity index is 255. The van der Waals surface area contributed by atoms with Crippen LogP contribution in [0.1, 0.15) is 46.5 Å². The van der Waals surface area contributed by atoms with Gasteiger partial charge in [0.1, 0.15) is 0 Å². The maximum atomic E-state index is 11.4. The molecule has 0 rings (SSSR count). The van der Waals surface area contributed by atoms with Crippen LogP contribution in [0.15, 0.2) is 0 Å². The van der Waals surface area contributed by atoms with Gasteiger partial charge in [0.15, 0.2) is 0 Å². The van der Waals surface area contributed by atoms with Crippen LogP contribution in [-0.4, -0.2) is 36.1 Å². The van der Waals surface area contributed by atoms with Crippen LogP contribution in [0, 0.1) is 5.92 Å². The van der Waals surface area contributed by atoms with Crippen molar-refractivity contribution in [3.05, 3.63) is 0 Å². The van der Waals surface area contributed by atoms with Crippen LogP contribution in [0.3, 0.4) is 0 Å². The summed E-state index contributed by atoms with van der Waals surface area (Å²) in [5.41, 5.74) is 0. The van der Waals surface area contributed by atoms with E-state index in [1.807, 2.05) is 0 Å². The van der Waals surface area contributed by atoms with E-state index in [4.69, 9.17) is 5.11 Å². The molecule has 5 heteroatoms. The van der Waals surface area contributed by atoms with Gasteiger partial charge < -0.3 is 15.7 Å². The van der Waals surface area contributed by atoms with Crippen molar-refractivity contribution < 1.29 is 14.7 Å². The maximum absolute atomic E-state index is 11.4. The second-order valence-corrected chi connectivity index (χ2v) is 4.94. The summed E-state index contributed by atoms with van der Waals surface area (Å²) >= 11 is 0. The van der Waals surface area contributed by atoms with E-state index in [1.165, 1.54) is 0 Å². The van der Waals surface area contributed by atoms with Gasteiger partial charge in [-0.3, -0.25) is 9.59 Å². The third-order valence-corrected chi connectivity index (χ3v) is 2.69. The molecule has 106 valence electrons. The van der Waals surface area contributed by atoms with Crippen LogP contribution in [0.25, 0.3) is 0 Å². The van der Waals surface area contributed by atoms with E-state index >= 15 is 0 Å². The minimum Gasteiger partial charge on any atom is -0.481 e. The van der Waals surface area contributed by atoms with Crippen molar-refractivity contribution in [1.82, 2.24) is 10.6 Å².